The summed E-state index contributed by atoms with van der Waals surface area (Å²) >= 11 is 0. The van der Waals surface area contributed by atoms with E-state index in [1.165, 1.54) is 0 Å². The fourth-order valence-corrected chi connectivity index (χ4v) is 3.03. The van der Waals surface area contributed by atoms with E-state index in [2.05, 4.69) is 0 Å². The molecule has 30 heavy (non-hydrogen) atoms. The first-order valence-electron chi connectivity index (χ1n) is 10.1. The fraction of sp³-hybridized carbons (Fsp3) is 0.375. The molecule has 1 aliphatic heterocycles. The predicted octanol–water partition coefficient (Wildman–Crippen LogP) is 3.82. The maximum absolute atomic E-state index is 12.9. The molecule has 1 aliphatic rings. The van der Waals surface area contributed by atoms with Gasteiger partial charge in [0.25, 0.3) is 0 Å². The van der Waals surface area contributed by atoms with Crippen molar-refractivity contribution in [2.45, 2.75) is 45.5 Å². The Hall–Kier alpha value is -2.57. The summed E-state index contributed by atoms with van der Waals surface area (Å²) < 4.78 is 18.3. The van der Waals surface area contributed by atoms with Gasteiger partial charge in [-0.3, -0.25) is 4.79 Å². The summed E-state index contributed by atoms with van der Waals surface area (Å²) in [6.07, 6.45) is 3.27. The van der Waals surface area contributed by atoms with Crippen LogP contribution in [0.2, 0.25) is 0 Å². The third-order valence-electron chi connectivity index (χ3n) is 5.56. The van der Waals surface area contributed by atoms with Crippen molar-refractivity contribution in [1.29, 1.82) is 0 Å². The zero-order valence-corrected chi connectivity index (χ0v) is 18.6. The molecule has 0 atom stereocenters. The van der Waals surface area contributed by atoms with Gasteiger partial charge in [-0.15, -0.1) is 0 Å². The van der Waals surface area contributed by atoms with Crippen molar-refractivity contribution in [2.24, 2.45) is 0 Å². The van der Waals surface area contributed by atoms with Crippen LogP contribution in [0.1, 0.15) is 43.6 Å². The number of ketones is 1. The van der Waals surface area contributed by atoms with E-state index < -0.39 is 18.3 Å². The van der Waals surface area contributed by atoms with E-state index >= 15 is 0 Å². The summed E-state index contributed by atoms with van der Waals surface area (Å²) in [5.74, 6) is 0.401. The van der Waals surface area contributed by atoms with Gasteiger partial charge in [-0.1, -0.05) is 36.4 Å². The Balaban J connectivity index is 1.90. The molecule has 2 aromatic carbocycles. The Morgan fingerprint density at radius 1 is 1.03 bits per heavy atom. The molecule has 1 saturated heterocycles. The second-order valence-corrected chi connectivity index (χ2v) is 8.76. The quantitative estimate of drug-likeness (QED) is 0.397. The summed E-state index contributed by atoms with van der Waals surface area (Å²) in [6, 6.07) is 15.4. The highest BCUT2D eigenvalue weighted by Gasteiger charge is 2.51. The molecule has 0 N–H and O–H groups in total. The van der Waals surface area contributed by atoms with Crippen LogP contribution in [0, 0.1) is 0 Å². The number of nitrogens with zero attached hydrogens (tertiary/aromatic N) is 1. The van der Waals surface area contributed by atoms with Crippen LogP contribution in [0.3, 0.4) is 0 Å². The van der Waals surface area contributed by atoms with Crippen LogP contribution in [-0.4, -0.2) is 43.1 Å². The van der Waals surface area contributed by atoms with Gasteiger partial charge in [-0.05, 0) is 50.9 Å². The molecule has 6 heteroatoms. The van der Waals surface area contributed by atoms with Gasteiger partial charge >= 0.3 is 7.12 Å². The van der Waals surface area contributed by atoms with Crippen LogP contribution in [0.5, 0.6) is 5.75 Å². The smallest absolute Gasteiger partial charge is 0.488 e. The van der Waals surface area contributed by atoms with Gasteiger partial charge in [-0.2, -0.15) is 0 Å². The summed E-state index contributed by atoms with van der Waals surface area (Å²) in [7, 11) is 3.21. The normalized spacial score (nSPS) is 17.3. The Labute approximate surface area is 179 Å². The lowest BCUT2D eigenvalue weighted by molar-refractivity contribution is 0.00578. The average Bonchev–Trinajstić information content (AvgIpc) is 2.92. The van der Waals surface area contributed by atoms with E-state index in [9.17, 15) is 4.79 Å². The number of hydrogen-bond donors (Lipinski definition) is 0. The van der Waals surface area contributed by atoms with Gasteiger partial charge < -0.3 is 18.9 Å². The van der Waals surface area contributed by atoms with E-state index in [-0.39, 0.29) is 5.78 Å². The first-order chi connectivity index (χ1) is 14.1. The maximum Gasteiger partial charge on any atom is 0.494 e. The third-order valence-corrected chi connectivity index (χ3v) is 5.56. The van der Waals surface area contributed by atoms with Crippen LogP contribution >= 0.6 is 0 Å². The second kappa shape index (κ2) is 8.66. The fourth-order valence-electron chi connectivity index (χ4n) is 3.03. The number of allylic oxidation sites excluding steroid dienone is 1. The Kier molecular flexibility index (Phi) is 6.39. The van der Waals surface area contributed by atoms with Crippen molar-refractivity contribution >= 4 is 18.4 Å². The van der Waals surface area contributed by atoms with Gasteiger partial charge in [-0.25, -0.2) is 0 Å². The zero-order valence-electron chi connectivity index (χ0n) is 18.6. The lowest BCUT2D eigenvalue weighted by Crippen LogP contribution is -2.41. The standard InChI is InChI=1S/C24H30BNO4/c1-23(2)24(3,4)30-25(29-23)19-12-13-22(28-17-18-10-8-7-9-11-18)20(16-19)21(27)14-15-26(5)6/h7-16H,17H2,1-6H3/b15-14+. The number of carbonyl (C=O) groups excluding carboxylic acids is 1. The molecule has 0 aliphatic carbocycles. The first-order valence-corrected chi connectivity index (χ1v) is 10.1. The van der Waals surface area contributed by atoms with Crippen molar-refractivity contribution in [3.63, 3.8) is 0 Å². The topological polar surface area (TPSA) is 48.0 Å². The van der Waals surface area contributed by atoms with Crippen LogP contribution in [0.4, 0.5) is 0 Å². The molecule has 0 unspecified atom stereocenters. The number of ether oxygens (including phenoxy) is 1. The first kappa shape index (κ1) is 22.1. The van der Waals surface area contributed by atoms with Crippen LogP contribution in [-0.2, 0) is 15.9 Å². The van der Waals surface area contributed by atoms with Gasteiger partial charge in [0.1, 0.15) is 12.4 Å². The highest BCUT2D eigenvalue weighted by atomic mass is 16.7. The number of benzene rings is 2. The molecule has 0 aromatic heterocycles. The van der Waals surface area contributed by atoms with Crippen molar-refractivity contribution in [1.82, 2.24) is 4.90 Å². The lowest BCUT2D eigenvalue weighted by Gasteiger charge is -2.32. The molecule has 158 valence electrons. The molecule has 5 nitrogen and oxygen atoms in total. The van der Waals surface area contributed by atoms with Crippen molar-refractivity contribution in [3.05, 3.63) is 71.9 Å². The summed E-state index contributed by atoms with van der Waals surface area (Å²) in [5, 5.41) is 0. The Bertz CT molecular complexity index is 906. The van der Waals surface area contributed by atoms with E-state index in [0.29, 0.717) is 17.9 Å². The monoisotopic (exact) mass is 407 g/mol. The molecule has 1 heterocycles. The lowest BCUT2D eigenvalue weighted by atomic mass is 9.78. The molecule has 0 radical (unpaired) electrons. The minimum Gasteiger partial charge on any atom is -0.488 e. The molecule has 2 aromatic rings. The Morgan fingerprint density at radius 3 is 2.27 bits per heavy atom. The second-order valence-electron chi connectivity index (χ2n) is 8.76. The highest BCUT2D eigenvalue weighted by Crippen LogP contribution is 2.36. The van der Waals surface area contributed by atoms with Gasteiger partial charge in [0.15, 0.2) is 5.78 Å². The Morgan fingerprint density at radius 2 is 1.67 bits per heavy atom. The number of rotatable bonds is 7. The van der Waals surface area contributed by atoms with Crippen molar-refractivity contribution < 1.29 is 18.8 Å². The zero-order chi connectivity index (χ0) is 21.9. The van der Waals surface area contributed by atoms with Crippen LogP contribution in [0.15, 0.2) is 60.8 Å². The summed E-state index contributed by atoms with van der Waals surface area (Å²) in [6.45, 7) is 8.42. The SMILES string of the molecule is CN(C)/C=C/C(=O)c1cc(B2OC(C)(C)C(C)(C)O2)ccc1OCc1ccccc1. The molecule has 3 rings (SSSR count). The minimum absolute atomic E-state index is 0.134. The summed E-state index contributed by atoms with van der Waals surface area (Å²) in [4.78, 5) is 14.7. The van der Waals surface area contributed by atoms with Crippen LogP contribution in [0.25, 0.3) is 0 Å². The van der Waals surface area contributed by atoms with Gasteiger partial charge in [0, 0.05) is 26.4 Å². The highest BCUT2D eigenvalue weighted by molar-refractivity contribution is 6.62. The molecule has 0 bridgehead atoms. The minimum atomic E-state index is -0.539. The van der Waals surface area contributed by atoms with E-state index in [0.717, 1.165) is 11.0 Å². The number of hydrogen-bond acceptors (Lipinski definition) is 5. The molecule has 0 saturated carbocycles. The molecule has 0 amide bonds. The number of carbonyl (C=O) groups is 1. The predicted molar refractivity (Wildman–Crippen MR) is 120 cm³/mol. The van der Waals surface area contributed by atoms with E-state index in [1.54, 1.807) is 12.3 Å². The van der Waals surface area contributed by atoms with Gasteiger partial charge in [0.05, 0.1) is 16.8 Å². The maximum atomic E-state index is 12.9. The average molecular weight is 407 g/mol. The molecule has 1 fully saturated rings. The van der Waals surface area contributed by atoms with Crippen LogP contribution < -0.4 is 10.2 Å². The van der Waals surface area contributed by atoms with E-state index in [1.807, 2.05) is 95.2 Å². The van der Waals surface area contributed by atoms with E-state index in [4.69, 9.17) is 14.0 Å². The van der Waals surface area contributed by atoms with Gasteiger partial charge in [0.2, 0.25) is 0 Å². The largest absolute Gasteiger partial charge is 0.494 e. The van der Waals surface area contributed by atoms with Crippen molar-refractivity contribution in [2.75, 3.05) is 14.1 Å². The van der Waals surface area contributed by atoms with Crippen molar-refractivity contribution in [3.8, 4) is 5.75 Å². The third kappa shape index (κ3) is 4.94. The summed E-state index contributed by atoms with van der Waals surface area (Å²) in [5.41, 5.74) is 1.41. The molecular weight excluding hydrogens is 377 g/mol. The molecule has 0 spiro atoms. The molecular formula is C24H30BNO4.